The number of rotatable bonds is 4. The first-order valence-corrected chi connectivity index (χ1v) is 8.96. The van der Waals surface area contributed by atoms with Crippen molar-refractivity contribution in [3.8, 4) is 5.75 Å². The summed E-state index contributed by atoms with van der Waals surface area (Å²) < 4.78 is 11.3. The molecule has 0 aliphatic carbocycles. The summed E-state index contributed by atoms with van der Waals surface area (Å²) in [5, 5.41) is 0. The quantitative estimate of drug-likeness (QED) is 0.683. The Hall–Kier alpha value is -3.11. The fraction of sp³-hybridized carbons (Fsp3) is 0.174. The maximum absolute atomic E-state index is 13.4. The van der Waals surface area contributed by atoms with E-state index in [4.69, 9.17) is 9.47 Å². The standard InChI is InChI=1S/C23H21NO3/c1-26-20-14-12-19(13-15-20)23-24(22(25)18-10-6-3-7-11-18)21(16-27-23)17-8-4-2-5-9-17/h2-15,21,23H,16H2,1H3. The van der Waals surface area contributed by atoms with Gasteiger partial charge in [0.1, 0.15) is 5.75 Å². The largest absolute Gasteiger partial charge is 0.497 e. The van der Waals surface area contributed by atoms with Gasteiger partial charge in [0.25, 0.3) is 5.91 Å². The molecule has 1 amide bonds. The first-order valence-electron chi connectivity index (χ1n) is 8.96. The topological polar surface area (TPSA) is 38.8 Å². The Bertz CT molecular complexity index is 894. The molecule has 4 heteroatoms. The molecule has 3 aromatic carbocycles. The van der Waals surface area contributed by atoms with Crippen LogP contribution in [0.1, 0.15) is 33.8 Å². The predicted molar refractivity (Wildman–Crippen MR) is 103 cm³/mol. The average Bonchev–Trinajstić information content (AvgIpc) is 3.19. The molecule has 0 saturated carbocycles. The van der Waals surface area contributed by atoms with Gasteiger partial charge in [-0.2, -0.15) is 0 Å². The summed E-state index contributed by atoms with van der Waals surface area (Å²) in [6.45, 7) is 0.458. The zero-order valence-electron chi connectivity index (χ0n) is 15.1. The summed E-state index contributed by atoms with van der Waals surface area (Å²) in [5.74, 6) is 0.736. The van der Waals surface area contributed by atoms with Crippen molar-refractivity contribution in [2.24, 2.45) is 0 Å². The summed E-state index contributed by atoms with van der Waals surface area (Å²) in [6, 6.07) is 26.9. The molecule has 1 saturated heterocycles. The normalized spacial score (nSPS) is 19.1. The van der Waals surface area contributed by atoms with Gasteiger partial charge in [-0.15, -0.1) is 0 Å². The number of benzene rings is 3. The van der Waals surface area contributed by atoms with Gasteiger partial charge in [-0.05, 0) is 29.8 Å². The van der Waals surface area contributed by atoms with Crippen molar-refractivity contribution in [2.45, 2.75) is 12.3 Å². The Morgan fingerprint density at radius 1 is 0.889 bits per heavy atom. The van der Waals surface area contributed by atoms with Crippen LogP contribution >= 0.6 is 0 Å². The lowest BCUT2D eigenvalue weighted by atomic mass is 10.0. The van der Waals surface area contributed by atoms with Gasteiger partial charge in [0, 0.05) is 11.1 Å². The average molecular weight is 359 g/mol. The van der Waals surface area contributed by atoms with Crippen LogP contribution in [0.3, 0.4) is 0 Å². The lowest BCUT2D eigenvalue weighted by Gasteiger charge is -2.29. The van der Waals surface area contributed by atoms with Crippen molar-refractivity contribution in [3.63, 3.8) is 0 Å². The molecule has 0 spiro atoms. The zero-order chi connectivity index (χ0) is 18.6. The van der Waals surface area contributed by atoms with Crippen molar-refractivity contribution in [1.29, 1.82) is 0 Å². The number of amides is 1. The first-order chi connectivity index (χ1) is 13.3. The molecular formula is C23H21NO3. The molecule has 0 radical (unpaired) electrons. The van der Waals surface area contributed by atoms with Gasteiger partial charge in [0.05, 0.1) is 19.8 Å². The minimum Gasteiger partial charge on any atom is -0.497 e. The molecule has 4 rings (SSSR count). The van der Waals surface area contributed by atoms with Crippen molar-refractivity contribution in [3.05, 3.63) is 102 Å². The smallest absolute Gasteiger partial charge is 0.256 e. The summed E-state index contributed by atoms with van der Waals surface area (Å²) in [6.07, 6.45) is -0.436. The van der Waals surface area contributed by atoms with Crippen LogP contribution in [0.25, 0.3) is 0 Å². The van der Waals surface area contributed by atoms with Crippen LogP contribution in [-0.2, 0) is 4.74 Å². The highest BCUT2D eigenvalue weighted by molar-refractivity contribution is 5.94. The Kier molecular flexibility index (Phi) is 4.90. The number of ether oxygens (including phenoxy) is 2. The Morgan fingerprint density at radius 2 is 1.52 bits per heavy atom. The zero-order valence-corrected chi connectivity index (χ0v) is 15.1. The van der Waals surface area contributed by atoms with Gasteiger partial charge >= 0.3 is 0 Å². The van der Waals surface area contributed by atoms with E-state index in [1.165, 1.54) is 0 Å². The fourth-order valence-corrected chi connectivity index (χ4v) is 3.44. The third-order valence-corrected chi connectivity index (χ3v) is 4.84. The number of carbonyl (C=O) groups excluding carboxylic acids is 1. The van der Waals surface area contributed by atoms with Crippen LogP contribution in [-0.4, -0.2) is 24.5 Å². The Labute approximate surface area is 159 Å². The molecular weight excluding hydrogens is 338 g/mol. The van der Waals surface area contributed by atoms with E-state index in [0.29, 0.717) is 12.2 Å². The summed E-state index contributed by atoms with van der Waals surface area (Å²) in [5.41, 5.74) is 2.65. The van der Waals surface area contributed by atoms with E-state index in [1.54, 1.807) is 7.11 Å². The highest BCUT2D eigenvalue weighted by atomic mass is 16.5. The van der Waals surface area contributed by atoms with Gasteiger partial charge in [-0.3, -0.25) is 9.69 Å². The highest BCUT2D eigenvalue weighted by Gasteiger charge is 2.40. The molecule has 27 heavy (non-hydrogen) atoms. The maximum atomic E-state index is 13.4. The molecule has 1 fully saturated rings. The highest BCUT2D eigenvalue weighted by Crippen LogP contribution is 2.40. The summed E-state index contributed by atoms with van der Waals surface area (Å²) >= 11 is 0. The molecule has 3 aromatic rings. The van der Waals surface area contributed by atoms with Crippen LogP contribution in [0, 0.1) is 0 Å². The van der Waals surface area contributed by atoms with Crippen molar-refractivity contribution in [2.75, 3.05) is 13.7 Å². The van der Waals surface area contributed by atoms with E-state index in [-0.39, 0.29) is 11.9 Å². The van der Waals surface area contributed by atoms with Crippen molar-refractivity contribution < 1.29 is 14.3 Å². The molecule has 1 aliphatic heterocycles. The van der Waals surface area contributed by atoms with Crippen LogP contribution in [0.5, 0.6) is 5.75 Å². The van der Waals surface area contributed by atoms with Gasteiger partial charge in [0.2, 0.25) is 0 Å². The molecule has 2 unspecified atom stereocenters. The number of hydrogen-bond acceptors (Lipinski definition) is 3. The predicted octanol–water partition coefficient (Wildman–Crippen LogP) is 4.61. The Balaban J connectivity index is 1.72. The van der Waals surface area contributed by atoms with E-state index >= 15 is 0 Å². The Morgan fingerprint density at radius 3 is 2.15 bits per heavy atom. The van der Waals surface area contributed by atoms with Crippen LogP contribution in [0.15, 0.2) is 84.9 Å². The lowest BCUT2D eigenvalue weighted by Crippen LogP contribution is -2.33. The second-order valence-corrected chi connectivity index (χ2v) is 6.46. The second kappa shape index (κ2) is 7.64. The van der Waals surface area contributed by atoms with E-state index in [1.807, 2.05) is 89.8 Å². The minimum absolute atomic E-state index is 0.0391. The van der Waals surface area contributed by atoms with Crippen LogP contribution < -0.4 is 4.74 Å². The van der Waals surface area contributed by atoms with Crippen LogP contribution in [0.2, 0.25) is 0 Å². The molecule has 0 aromatic heterocycles. The summed E-state index contributed by atoms with van der Waals surface area (Å²) in [7, 11) is 1.64. The van der Waals surface area contributed by atoms with Crippen LogP contribution in [0.4, 0.5) is 0 Å². The monoisotopic (exact) mass is 359 g/mol. The van der Waals surface area contributed by atoms with Gasteiger partial charge in [-0.25, -0.2) is 0 Å². The molecule has 4 nitrogen and oxygen atoms in total. The number of carbonyl (C=O) groups is 1. The second-order valence-electron chi connectivity index (χ2n) is 6.46. The van der Waals surface area contributed by atoms with Gasteiger partial charge in [0.15, 0.2) is 6.23 Å². The van der Waals surface area contributed by atoms with Gasteiger partial charge in [-0.1, -0.05) is 60.7 Å². The third-order valence-electron chi connectivity index (χ3n) is 4.84. The van der Waals surface area contributed by atoms with E-state index < -0.39 is 6.23 Å². The van der Waals surface area contributed by atoms with Crippen molar-refractivity contribution in [1.82, 2.24) is 4.90 Å². The molecule has 0 bridgehead atoms. The number of nitrogens with zero attached hydrogens (tertiary/aromatic N) is 1. The summed E-state index contributed by atoms with van der Waals surface area (Å²) in [4.78, 5) is 15.2. The molecule has 136 valence electrons. The van der Waals surface area contributed by atoms with Gasteiger partial charge < -0.3 is 9.47 Å². The minimum atomic E-state index is -0.436. The van der Waals surface area contributed by atoms with E-state index in [0.717, 1.165) is 16.9 Å². The number of methoxy groups -OCH3 is 1. The van der Waals surface area contributed by atoms with Crippen molar-refractivity contribution >= 4 is 5.91 Å². The SMILES string of the molecule is COc1ccc(C2OCC(c3ccccc3)N2C(=O)c2ccccc2)cc1. The molecule has 2 atom stereocenters. The number of hydrogen-bond donors (Lipinski definition) is 0. The van der Waals surface area contributed by atoms with E-state index in [9.17, 15) is 4.79 Å². The first kappa shape index (κ1) is 17.3. The molecule has 1 heterocycles. The van der Waals surface area contributed by atoms with E-state index in [2.05, 4.69) is 0 Å². The fourth-order valence-electron chi connectivity index (χ4n) is 3.44. The third kappa shape index (κ3) is 3.44. The molecule has 1 aliphatic rings. The molecule has 0 N–H and O–H groups in total. The lowest BCUT2D eigenvalue weighted by molar-refractivity contribution is 0.0244. The maximum Gasteiger partial charge on any atom is 0.256 e.